The normalized spacial score (nSPS) is 11.9. The van der Waals surface area contributed by atoms with Gasteiger partial charge in [-0.15, -0.1) is 0 Å². The first-order valence-corrected chi connectivity index (χ1v) is 9.23. The molecule has 5 nitrogen and oxygen atoms in total. The molecule has 0 fully saturated rings. The van der Waals surface area contributed by atoms with Crippen LogP contribution in [0.3, 0.4) is 0 Å². The van der Waals surface area contributed by atoms with Crippen LogP contribution in [0.5, 0.6) is 0 Å². The van der Waals surface area contributed by atoms with Crippen molar-refractivity contribution in [3.8, 4) is 22.4 Å². The number of carbonyl (C=O) groups is 1. The lowest BCUT2D eigenvalue weighted by Gasteiger charge is -2.14. The highest BCUT2D eigenvalue weighted by Crippen LogP contribution is 2.31. The molecule has 4 N–H and O–H groups in total. The number of aromatic nitrogens is 1. The fourth-order valence-electron chi connectivity index (χ4n) is 2.97. The van der Waals surface area contributed by atoms with Crippen molar-refractivity contribution in [1.82, 2.24) is 10.3 Å². The lowest BCUT2D eigenvalue weighted by molar-refractivity contribution is 0.0922. The van der Waals surface area contributed by atoms with Gasteiger partial charge in [0.05, 0.1) is 12.3 Å². The fraction of sp³-hybridized carbons (Fsp3) is 0.217. The minimum atomic E-state index is -0.332. The number of amides is 1. The summed E-state index contributed by atoms with van der Waals surface area (Å²) in [5, 5.41) is 12.0. The van der Waals surface area contributed by atoms with E-state index < -0.39 is 0 Å². The number of benzene rings is 2. The monoisotopic (exact) mass is 375 g/mol. The molecule has 0 radical (unpaired) electrons. The molecule has 0 saturated carbocycles. The Bertz CT molecular complexity index is 997. The average Bonchev–Trinajstić information content (AvgIpc) is 2.69. The molecule has 5 heteroatoms. The number of aliphatic hydroxyl groups excluding tert-OH is 1. The molecular weight excluding hydrogens is 350 g/mol. The van der Waals surface area contributed by atoms with E-state index in [0.29, 0.717) is 11.3 Å². The van der Waals surface area contributed by atoms with Crippen LogP contribution in [-0.4, -0.2) is 28.6 Å². The first kappa shape index (κ1) is 19.6. The number of nitrogen functional groups attached to an aromatic ring is 1. The van der Waals surface area contributed by atoms with Crippen molar-refractivity contribution in [1.29, 1.82) is 0 Å². The Kier molecular flexibility index (Phi) is 5.76. The van der Waals surface area contributed by atoms with E-state index in [9.17, 15) is 9.90 Å². The smallest absolute Gasteiger partial charge is 0.251 e. The fourth-order valence-corrected chi connectivity index (χ4v) is 2.97. The summed E-state index contributed by atoms with van der Waals surface area (Å²) in [6.45, 7) is 5.62. The second kappa shape index (κ2) is 8.23. The number of aliphatic hydroxyl groups is 1. The number of nitrogens with zero attached hydrogens (tertiary/aromatic N) is 1. The zero-order chi connectivity index (χ0) is 20.3. The van der Waals surface area contributed by atoms with Crippen LogP contribution in [0.1, 0.15) is 28.4 Å². The van der Waals surface area contributed by atoms with E-state index in [1.807, 2.05) is 62.4 Å². The summed E-state index contributed by atoms with van der Waals surface area (Å²) >= 11 is 0. The maximum absolute atomic E-state index is 12.7. The van der Waals surface area contributed by atoms with Crippen molar-refractivity contribution in [2.24, 2.45) is 0 Å². The Balaban J connectivity index is 2.14. The Morgan fingerprint density at radius 2 is 1.79 bits per heavy atom. The zero-order valence-electron chi connectivity index (χ0n) is 16.4. The van der Waals surface area contributed by atoms with E-state index in [0.717, 1.165) is 33.5 Å². The van der Waals surface area contributed by atoms with E-state index in [1.165, 1.54) is 0 Å². The summed E-state index contributed by atoms with van der Waals surface area (Å²) in [7, 11) is 0. The summed E-state index contributed by atoms with van der Waals surface area (Å²) in [4.78, 5) is 17.2. The predicted octanol–water partition coefficient (Wildman–Crippen LogP) is 3.73. The van der Waals surface area contributed by atoms with Crippen molar-refractivity contribution < 1.29 is 9.90 Å². The highest BCUT2D eigenvalue weighted by atomic mass is 16.3. The lowest BCUT2D eigenvalue weighted by Crippen LogP contribution is -2.35. The van der Waals surface area contributed by atoms with E-state index >= 15 is 0 Å². The minimum absolute atomic E-state index is 0.122. The molecule has 1 aromatic heterocycles. The number of hydrogen-bond acceptors (Lipinski definition) is 4. The van der Waals surface area contributed by atoms with Crippen molar-refractivity contribution in [3.63, 3.8) is 0 Å². The van der Waals surface area contributed by atoms with Crippen LogP contribution in [0.25, 0.3) is 22.4 Å². The zero-order valence-corrected chi connectivity index (χ0v) is 16.4. The Hall–Kier alpha value is -3.18. The second-order valence-electron chi connectivity index (χ2n) is 7.17. The molecule has 3 rings (SSSR count). The van der Waals surface area contributed by atoms with Crippen molar-refractivity contribution in [2.75, 3.05) is 12.3 Å². The number of carbonyl (C=O) groups excluding carboxylic acids is 1. The number of aryl methyl sites for hydroxylation is 2. The van der Waals surface area contributed by atoms with Crippen LogP contribution in [0.2, 0.25) is 0 Å². The minimum Gasteiger partial charge on any atom is -0.398 e. The van der Waals surface area contributed by atoms with Gasteiger partial charge in [-0.1, -0.05) is 17.7 Å². The Morgan fingerprint density at radius 1 is 1.07 bits per heavy atom. The first-order chi connectivity index (χ1) is 13.4. The molecule has 1 atom stereocenters. The second-order valence-corrected chi connectivity index (χ2v) is 7.17. The summed E-state index contributed by atoms with van der Waals surface area (Å²) in [5.74, 6) is -0.247. The van der Waals surface area contributed by atoms with Crippen LogP contribution in [0, 0.1) is 13.8 Å². The molecule has 0 unspecified atom stereocenters. The first-order valence-electron chi connectivity index (χ1n) is 9.23. The highest BCUT2D eigenvalue weighted by Gasteiger charge is 2.14. The van der Waals surface area contributed by atoms with Gasteiger partial charge in [-0.2, -0.15) is 0 Å². The van der Waals surface area contributed by atoms with E-state index in [1.54, 1.807) is 13.1 Å². The maximum atomic E-state index is 12.7. The molecule has 1 heterocycles. The van der Waals surface area contributed by atoms with Crippen molar-refractivity contribution in [2.45, 2.75) is 26.8 Å². The number of nitrogens with one attached hydrogen (secondary N) is 1. The third-order valence-electron chi connectivity index (χ3n) is 4.57. The summed E-state index contributed by atoms with van der Waals surface area (Å²) in [5.41, 5.74) is 12.8. The standard InChI is InChI=1S/C23H25N3O2/c1-14-4-6-21(24)20(8-14)17-9-18(22-7-5-15(2)12-25-22)11-19(10-17)23(28)26-16(3)13-27/h4-12,16,27H,13,24H2,1-3H3,(H,26,28)/t16-/m0/s1. The summed E-state index contributed by atoms with van der Waals surface area (Å²) in [6.07, 6.45) is 1.80. The molecule has 144 valence electrons. The summed E-state index contributed by atoms with van der Waals surface area (Å²) in [6, 6.07) is 15.1. The molecule has 0 aliphatic carbocycles. The Labute approximate surface area is 165 Å². The number of hydrogen-bond donors (Lipinski definition) is 3. The molecule has 0 saturated heterocycles. The largest absolute Gasteiger partial charge is 0.398 e. The molecule has 0 bridgehead atoms. The third-order valence-corrected chi connectivity index (χ3v) is 4.57. The maximum Gasteiger partial charge on any atom is 0.251 e. The van der Waals surface area contributed by atoms with E-state index in [2.05, 4.69) is 10.3 Å². The van der Waals surface area contributed by atoms with Crippen molar-refractivity contribution >= 4 is 11.6 Å². The highest BCUT2D eigenvalue weighted by molar-refractivity contribution is 5.98. The third kappa shape index (κ3) is 4.38. The molecule has 2 aromatic carbocycles. The number of pyridine rings is 1. The van der Waals surface area contributed by atoms with Gasteiger partial charge in [-0.25, -0.2) is 0 Å². The van der Waals surface area contributed by atoms with Gasteiger partial charge in [0.25, 0.3) is 5.91 Å². The molecule has 3 aromatic rings. The lowest BCUT2D eigenvalue weighted by atomic mass is 9.95. The van der Waals surface area contributed by atoms with Gasteiger partial charge in [0, 0.05) is 34.6 Å². The van der Waals surface area contributed by atoms with Crippen LogP contribution < -0.4 is 11.1 Å². The molecule has 1 amide bonds. The van der Waals surface area contributed by atoms with Gasteiger partial charge in [0.15, 0.2) is 0 Å². The van der Waals surface area contributed by atoms with Gasteiger partial charge in [0.2, 0.25) is 0 Å². The number of nitrogens with two attached hydrogens (primary N) is 1. The van der Waals surface area contributed by atoms with Crippen molar-refractivity contribution in [3.05, 3.63) is 71.4 Å². The van der Waals surface area contributed by atoms with E-state index in [-0.39, 0.29) is 18.6 Å². The van der Waals surface area contributed by atoms with Gasteiger partial charge >= 0.3 is 0 Å². The van der Waals surface area contributed by atoms with Crippen LogP contribution in [0.4, 0.5) is 5.69 Å². The van der Waals surface area contributed by atoms with Gasteiger partial charge < -0.3 is 16.2 Å². The van der Waals surface area contributed by atoms with Gasteiger partial charge in [0.1, 0.15) is 0 Å². The summed E-state index contributed by atoms with van der Waals surface area (Å²) < 4.78 is 0. The predicted molar refractivity (Wildman–Crippen MR) is 113 cm³/mol. The van der Waals surface area contributed by atoms with Gasteiger partial charge in [-0.3, -0.25) is 9.78 Å². The van der Waals surface area contributed by atoms with Crippen LogP contribution in [0.15, 0.2) is 54.7 Å². The SMILES string of the molecule is Cc1ccc(-c2cc(C(=O)N[C@@H](C)CO)cc(-c3cc(C)ccc3N)c2)nc1. The van der Waals surface area contributed by atoms with Crippen LogP contribution in [-0.2, 0) is 0 Å². The Morgan fingerprint density at radius 3 is 2.46 bits per heavy atom. The number of rotatable bonds is 5. The average molecular weight is 375 g/mol. The molecule has 0 spiro atoms. The van der Waals surface area contributed by atoms with Gasteiger partial charge in [-0.05, 0) is 68.3 Å². The molecule has 0 aliphatic heterocycles. The number of anilines is 1. The molecule has 0 aliphatic rings. The molecule has 28 heavy (non-hydrogen) atoms. The topological polar surface area (TPSA) is 88.2 Å². The quantitative estimate of drug-likeness (QED) is 0.593. The van der Waals surface area contributed by atoms with Crippen LogP contribution >= 0.6 is 0 Å². The molecular formula is C23H25N3O2. The van der Waals surface area contributed by atoms with E-state index in [4.69, 9.17) is 5.73 Å².